The molecule has 2 aromatic rings. The Hall–Kier alpha value is -1.59. The average molecular weight is 280 g/mol. The SMILES string of the molecule is CSc1ccc(Nc2ncnc(Cl)c2C=O)cc1. The van der Waals surface area contributed by atoms with E-state index in [0.29, 0.717) is 12.1 Å². The Labute approximate surface area is 114 Å². The molecule has 1 aromatic carbocycles. The van der Waals surface area contributed by atoms with E-state index in [-0.39, 0.29) is 10.7 Å². The standard InChI is InChI=1S/C12H10ClN3OS/c1-18-9-4-2-8(3-5-9)16-12-10(6-17)11(13)14-7-15-12/h2-7H,1H3,(H,14,15,16). The van der Waals surface area contributed by atoms with Crippen molar-refractivity contribution in [1.82, 2.24) is 9.97 Å². The number of carbonyl (C=O) groups is 1. The van der Waals surface area contributed by atoms with Gasteiger partial charge in [0.25, 0.3) is 0 Å². The van der Waals surface area contributed by atoms with Crippen molar-refractivity contribution >= 4 is 41.2 Å². The van der Waals surface area contributed by atoms with Gasteiger partial charge in [-0.1, -0.05) is 11.6 Å². The van der Waals surface area contributed by atoms with Crippen molar-refractivity contribution in [2.45, 2.75) is 4.90 Å². The van der Waals surface area contributed by atoms with E-state index >= 15 is 0 Å². The maximum atomic E-state index is 10.9. The minimum absolute atomic E-state index is 0.142. The highest BCUT2D eigenvalue weighted by atomic mass is 35.5. The average Bonchev–Trinajstić information content (AvgIpc) is 2.40. The van der Waals surface area contributed by atoms with Gasteiger partial charge >= 0.3 is 0 Å². The molecule has 0 unspecified atom stereocenters. The molecule has 0 fully saturated rings. The van der Waals surface area contributed by atoms with E-state index < -0.39 is 0 Å². The first-order valence-corrected chi connectivity index (χ1v) is 6.71. The van der Waals surface area contributed by atoms with E-state index in [1.807, 2.05) is 30.5 Å². The summed E-state index contributed by atoms with van der Waals surface area (Å²) in [5.74, 6) is 0.405. The molecule has 4 nitrogen and oxygen atoms in total. The van der Waals surface area contributed by atoms with Crippen LogP contribution in [0.1, 0.15) is 10.4 Å². The van der Waals surface area contributed by atoms with Crippen molar-refractivity contribution in [3.05, 3.63) is 41.3 Å². The first-order chi connectivity index (χ1) is 8.74. The molecule has 0 aliphatic heterocycles. The molecular formula is C12H10ClN3OS. The summed E-state index contributed by atoms with van der Waals surface area (Å²) in [6, 6.07) is 7.79. The Balaban J connectivity index is 2.28. The number of nitrogens with zero attached hydrogens (tertiary/aromatic N) is 2. The summed E-state index contributed by atoms with van der Waals surface area (Å²) >= 11 is 7.48. The van der Waals surface area contributed by atoms with Crippen LogP contribution in [0.25, 0.3) is 0 Å². The molecule has 1 N–H and O–H groups in total. The van der Waals surface area contributed by atoms with Gasteiger partial charge < -0.3 is 5.32 Å². The second-order valence-electron chi connectivity index (χ2n) is 3.40. The Bertz CT molecular complexity index is 560. The second-order valence-corrected chi connectivity index (χ2v) is 4.64. The van der Waals surface area contributed by atoms with Crippen LogP contribution in [-0.4, -0.2) is 22.5 Å². The van der Waals surface area contributed by atoms with Gasteiger partial charge in [-0.25, -0.2) is 9.97 Å². The quantitative estimate of drug-likeness (QED) is 0.528. The lowest BCUT2D eigenvalue weighted by atomic mass is 10.3. The summed E-state index contributed by atoms with van der Waals surface area (Å²) < 4.78 is 0. The number of hydrogen-bond acceptors (Lipinski definition) is 5. The Morgan fingerprint density at radius 2 is 2.00 bits per heavy atom. The van der Waals surface area contributed by atoms with E-state index in [9.17, 15) is 4.79 Å². The van der Waals surface area contributed by atoms with E-state index in [2.05, 4.69) is 15.3 Å². The summed E-state index contributed by atoms with van der Waals surface area (Å²) in [4.78, 5) is 19.9. The molecule has 0 aliphatic carbocycles. The molecule has 0 saturated carbocycles. The number of anilines is 2. The number of nitrogens with one attached hydrogen (secondary N) is 1. The summed E-state index contributed by atoms with van der Waals surface area (Å²) in [5.41, 5.74) is 1.10. The molecule has 0 aliphatic rings. The number of thioether (sulfide) groups is 1. The number of benzene rings is 1. The van der Waals surface area contributed by atoms with E-state index in [4.69, 9.17) is 11.6 Å². The lowest BCUT2D eigenvalue weighted by Gasteiger charge is -2.08. The fourth-order valence-electron chi connectivity index (χ4n) is 1.39. The molecule has 0 bridgehead atoms. The van der Waals surface area contributed by atoms with Crippen molar-refractivity contribution in [3.63, 3.8) is 0 Å². The highest BCUT2D eigenvalue weighted by molar-refractivity contribution is 7.98. The zero-order valence-electron chi connectivity index (χ0n) is 9.55. The van der Waals surface area contributed by atoms with Gasteiger partial charge in [-0.15, -0.1) is 11.8 Å². The van der Waals surface area contributed by atoms with E-state index in [1.54, 1.807) is 11.8 Å². The van der Waals surface area contributed by atoms with Gasteiger partial charge in [-0.2, -0.15) is 0 Å². The Kier molecular flexibility index (Phi) is 4.17. The molecule has 92 valence electrons. The number of halogens is 1. The first-order valence-electron chi connectivity index (χ1n) is 5.11. The third-order valence-corrected chi connectivity index (χ3v) is 3.35. The molecule has 0 amide bonds. The van der Waals surface area contributed by atoms with Gasteiger partial charge in [0.1, 0.15) is 17.3 Å². The van der Waals surface area contributed by atoms with Crippen LogP contribution in [0.4, 0.5) is 11.5 Å². The fourth-order valence-corrected chi connectivity index (χ4v) is 1.98. The fraction of sp³-hybridized carbons (Fsp3) is 0.0833. The Morgan fingerprint density at radius 1 is 1.28 bits per heavy atom. The van der Waals surface area contributed by atoms with Crippen LogP contribution in [0.2, 0.25) is 5.15 Å². The van der Waals surface area contributed by atoms with Gasteiger partial charge in [0.2, 0.25) is 0 Å². The monoisotopic (exact) mass is 279 g/mol. The summed E-state index contributed by atoms with van der Waals surface area (Å²) in [5, 5.41) is 3.18. The smallest absolute Gasteiger partial charge is 0.156 e. The number of hydrogen-bond donors (Lipinski definition) is 1. The van der Waals surface area contributed by atoms with Gasteiger partial charge in [0, 0.05) is 10.6 Å². The lowest BCUT2D eigenvalue weighted by Crippen LogP contribution is -2.00. The minimum Gasteiger partial charge on any atom is -0.339 e. The zero-order chi connectivity index (χ0) is 13.0. The van der Waals surface area contributed by atoms with Crippen molar-refractivity contribution in [2.75, 3.05) is 11.6 Å². The highest BCUT2D eigenvalue weighted by Crippen LogP contribution is 2.23. The van der Waals surface area contributed by atoms with Crippen LogP contribution in [-0.2, 0) is 0 Å². The molecule has 6 heteroatoms. The van der Waals surface area contributed by atoms with Crippen LogP contribution in [0.15, 0.2) is 35.5 Å². The van der Waals surface area contributed by atoms with Crippen LogP contribution >= 0.6 is 23.4 Å². The van der Waals surface area contributed by atoms with Crippen molar-refractivity contribution < 1.29 is 4.79 Å². The number of aromatic nitrogens is 2. The Morgan fingerprint density at radius 3 is 2.61 bits per heavy atom. The van der Waals surface area contributed by atoms with Crippen molar-refractivity contribution in [2.24, 2.45) is 0 Å². The summed E-state index contributed by atoms with van der Waals surface area (Å²) in [7, 11) is 0. The van der Waals surface area contributed by atoms with E-state index in [1.165, 1.54) is 6.33 Å². The predicted octanol–water partition coefficient (Wildman–Crippen LogP) is 3.41. The zero-order valence-corrected chi connectivity index (χ0v) is 11.1. The van der Waals surface area contributed by atoms with Gasteiger partial charge in [-0.05, 0) is 30.5 Å². The summed E-state index contributed by atoms with van der Waals surface area (Å²) in [6.45, 7) is 0. The van der Waals surface area contributed by atoms with Crippen LogP contribution in [0.3, 0.4) is 0 Å². The normalized spacial score (nSPS) is 10.1. The largest absolute Gasteiger partial charge is 0.339 e. The van der Waals surface area contributed by atoms with Crippen molar-refractivity contribution in [3.8, 4) is 0 Å². The second kappa shape index (κ2) is 5.84. The van der Waals surface area contributed by atoms with Crippen LogP contribution in [0.5, 0.6) is 0 Å². The molecule has 0 radical (unpaired) electrons. The summed E-state index contributed by atoms with van der Waals surface area (Å²) in [6.07, 6.45) is 3.96. The number of rotatable bonds is 4. The third-order valence-electron chi connectivity index (χ3n) is 2.31. The lowest BCUT2D eigenvalue weighted by molar-refractivity contribution is 0.112. The molecular weight excluding hydrogens is 270 g/mol. The molecule has 0 atom stereocenters. The van der Waals surface area contributed by atoms with Crippen LogP contribution in [0, 0.1) is 0 Å². The topological polar surface area (TPSA) is 54.9 Å². The minimum atomic E-state index is 0.142. The van der Waals surface area contributed by atoms with Crippen LogP contribution < -0.4 is 5.32 Å². The molecule has 0 saturated heterocycles. The number of carbonyl (C=O) groups excluding carboxylic acids is 1. The van der Waals surface area contributed by atoms with Crippen molar-refractivity contribution in [1.29, 1.82) is 0 Å². The molecule has 2 rings (SSSR count). The molecule has 0 spiro atoms. The third kappa shape index (κ3) is 2.80. The maximum absolute atomic E-state index is 10.9. The highest BCUT2D eigenvalue weighted by Gasteiger charge is 2.08. The molecule has 1 heterocycles. The predicted molar refractivity (Wildman–Crippen MR) is 73.9 cm³/mol. The molecule has 1 aromatic heterocycles. The van der Waals surface area contributed by atoms with Gasteiger partial charge in [0.15, 0.2) is 6.29 Å². The van der Waals surface area contributed by atoms with Gasteiger partial charge in [0.05, 0.1) is 5.56 Å². The first kappa shape index (κ1) is 12.9. The molecule has 18 heavy (non-hydrogen) atoms. The number of aldehydes is 1. The van der Waals surface area contributed by atoms with Gasteiger partial charge in [-0.3, -0.25) is 4.79 Å². The maximum Gasteiger partial charge on any atom is 0.156 e. The van der Waals surface area contributed by atoms with E-state index in [0.717, 1.165) is 10.6 Å².